The Bertz CT molecular complexity index is 1230. The van der Waals surface area contributed by atoms with E-state index >= 15 is 0 Å². The topological polar surface area (TPSA) is 71.3 Å². The molecule has 0 saturated heterocycles. The van der Waals surface area contributed by atoms with Crippen molar-refractivity contribution in [2.24, 2.45) is 0 Å². The molecule has 4 rings (SSSR count). The second-order valence-corrected chi connectivity index (χ2v) is 8.56. The normalized spacial score (nSPS) is 11.8. The summed E-state index contributed by atoms with van der Waals surface area (Å²) >= 11 is 0. The van der Waals surface area contributed by atoms with Crippen molar-refractivity contribution in [1.29, 1.82) is 0 Å². The van der Waals surface area contributed by atoms with Crippen LogP contribution in [0.4, 0.5) is 11.4 Å². The van der Waals surface area contributed by atoms with Crippen molar-refractivity contribution in [2.45, 2.75) is 11.4 Å². The number of rotatable bonds is 5. The van der Waals surface area contributed by atoms with Gasteiger partial charge in [-0.1, -0.05) is 12.1 Å². The molecule has 0 fully saturated rings. The number of hydrogen-bond acceptors (Lipinski definition) is 5. The smallest absolute Gasteiger partial charge is 0.175 e. The van der Waals surface area contributed by atoms with E-state index in [1.165, 1.54) is 6.26 Å². The summed E-state index contributed by atoms with van der Waals surface area (Å²) in [6.07, 6.45) is 1.21. The van der Waals surface area contributed by atoms with E-state index in [9.17, 15) is 8.42 Å². The van der Waals surface area contributed by atoms with Gasteiger partial charge in [-0.15, -0.1) is 0 Å². The van der Waals surface area contributed by atoms with Gasteiger partial charge in [-0.3, -0.25) is 0 Å². The molecule has 1 aromatic heterocycles. The Hall–Kier alpha value is -2.99. The maximum atomic E-state index is 11.5. The van der Waals surface area contributed by atoms with Crippen LogP contribution in [0.3, 0.4) is 0 Å². The lowest BCUT2D eigenvalue weighted by molar-refractivity contribution is 0.602. The van der Waals surface area contributed by atoms with Gasteiger partial charge in [0.05, 0.1) is 4.90 Å². The lowest BCUT2D eigenvalue weighted by Crippen LogP contribution is -2.01. The van der Waals surface area contributed by atoms with Crippen molar-refractivity contribution in [2.75, 3.05) is 23.9 Å². The Labute approximate surface area is 157 Å². The maximum absolute atomic E-state index is 11.5. The third-order valence-electron chi connectivity index (χ3n) is 4.61. The molecule has 138 valence electrons. The van der Waals surface area contributed by atoms with Gasteiger partial charge in [-0.25, -0.2) is 8.42 Å². The molecule has 0 bridgehead atoms. The number of anilines is 2. The fourth-order valence-electron chi connectivity index (χ4n) is 3.10. The van der Waals surface area contributed by atoms with E-state index < -0.39 is 9.84 Å². The van der Waals surface area contributed by atoms with Crippen LogP contribution in [0.2, 0.25) is 0 Å². The van der Waals surface area contributed by atoms with Crippen LogP contribution in [0.15, 0.2) is 70.0 Å². The molecule has 0 aliphatic carbocycles. The van der Waals surface area contributed by atoms with Gasteiger partial charge in [-0.2, -0.15) is 0 Å². The van der Waals surface area contributed by atoms with Crippen LogP contribution in [0.25, 0.3) is 21.9 Å². The molecule has 2 N–H and O–H groups in total. The van der Waals surface area contributed by atoms with Gasteiger partial charge < -0.3 is 15.1 Å². The van der Waals surface area contributed by atoms with E-state index in [2.05, 4.69) is 22.8 Å². The van der Waals surface area contributed by atoms with Crippen LogP contribution in [-0.4, -0.2) is 21.7 Å². The molecule has 1 heterocycles. The van der Waals surface area contributed by atoms with E-state index in [1.54, 1.807) is 12.1 Å². The molecule has 3 aromatic carbocycles. The Morgan fingerprint density at radius 1 is 0.852 bits per heavy atom. The lowest BCUT2D eigenvalue weighted by Gasteiger charge is -2.07. The minimum atomic E-state index is -3.17. The average Bonchev–Trinajstić information content (AvgIpc) is 3.03. The Balaban J connectivity index is 1.59. The molecule has 27 heavy (non-hydrogen) atoms. The minimum absolute atomic E-state index is 0.331. The molecule has 0 saturated carbocycles. The Morgan fingerprint density at radius 3 is 2.04 bits per heavy atom. The first-order chi connectivity index (χ1) is 12.9. The number of benzene rings is 3. The summed E-state index contributed by atoms with van der Waals surface area (Å²) in [5.41, 5.74) is 4.73. The lowest BCUT2D eigenvalue weighted by atomic mass is 10.1. The Kier molecular flexibility index (Phi) is 4.28. The average molecular weight is 380 g/mol. The molecule has 5 nitrogen and oxygen atoms in total. The predicted molar refractivity (Wildman–Crippen MR) is 110 cm³/mol. The highest BCUT2D eigenvalue weighted by molar-refractivity contribution is 7.90. The third-order valence-corrected chi connectivity index (χ3v) is 5.73. The largest absolute Gasteiger partial charge is 0.456 e. The summed E-state index contributed by atoms with van der Waals surface area (Å²) in [7, 11) is -1.27. The highest BCUT2D eigenvalue weighted by Crippen LogP contribution is 2.32. The number of hydrogen-bond donors (Lipinski definition) is 2. The molecular formula is C21H20N2O3S. The predicted octanol–water partition coefficient (Wildman–Crippen LogP) is 4.64. The monoisotopic (exact) mass is 380 g/mol. The zero-order chi connectivity index (χ0) is 19.0. The molecule has 4 aromatic rings. The fraction of sp³-hybridized carbons (Fsp3) is 0.143. The van der Waals surface area contributed by atoms with E-state index in [0.717, 1.165) is 38.9 Å². The first kappa shape index (κ1) is 17.4. The summed E-state index contributed by atoms with van der Waals surface area (Å²) in [6.45, 7) is 0.604. The second kappa shape index (κ2) is 6.63. The van der Waals surface area contributed by atoms with E-state index in [4.69, 9.17) is 4.42 Å². The van der Waals surface area contributed by atoms with Crippen LogP contribution in [0.1, 0.15) is 5.56 Å². The van der Waals surface area contributed by atoms with Gasteiger partial charge in [0.25, 0.3) is 0 Å². The highest BCUT2D eigenvalue weighted by Gasteiger charge is 2.09. The summed E-state index contributed by atoms with van der Waals surface area (Å²) < 4.78 is 29.0. The summed E-state index contributed by atoms with van der Waals surface area (Å²) in [6, 6.07) is 19.0. The fourth-order valence-corrected chi connectivity index (χ4v) is 3.73. The number of furan rings is 1. The van der Waals surface area contributed by atoms with Crippen molar-refractivity contribution >= 4 is 43.2 Å². The van der Waals surface area contributed by atoms with Crippen LogP contribution in [0.5, 0.6) is 0 Å². The molecule has 0 unspecified atom stereocenters. The van der Waals surface area contributed by atoms with E-state index in [0.29, 0.717) is 11.4 Å². The van der Waals surface area contributed by atoms with Gasteiger partial charge in [0.2, 0.25) is 0 Å². The molecule has 0 spiro atoms. The van der Waals surface area contributed by atoms with Crippen molar-refractivity contribution in [3.05, 3.63) is 66.2 Å². The molecule has 0 amide bonds. The van der Waals surface area contributed by atoms with Gasteiger partial charge in [0.1, 0.15) is 11.2 Å². The quantitative estimate of drug-likeness (QED) is 0.528. The molecule has 0 aliphatic rings. The molecule has 6 heteroatoms. The first-order valence-electron chi connectivity index (χ1n) is 8.61. The maximum Gasteiger partial charge on any atom is 0.175 e. The summed E-state index contributed by atoms with van der Waals surface area (Å²) in [4.78, 5) is 0.331. The summed E-state index contributed by atoms with van der Waals surface area (Å²) in [5.74, 6) is 0. The van der Waals surface area contributed by atoms with Crippen molar-refractivity contribution in [3.8, 4) is 0 Å². The molecule has 0 atom stereocenters. The van der Waals surface area contributed by atoms with Crippen molar-refractivity contribution in [3.63, 3.8) is 0 Å². The van der Waals surface area contributed by atoms with Crippen LogP contribution in [0, 0.1) is 0 Å². The van der Waals surface area contributed by atoms with Crippen molar-refractivity contribution in [1.82, 2.24) is 0 Å². The highest BCUT2D eigenvalue weighted by atomic mass is 32.2. The number of sulfone groups is 1. The van der Waals surface area contributed by atoms with Crippen LogP contribution < -0.4 is 10.6 Å². The molecule has 0 radical (unpaired) electrons. The zero-order valence-electron chi connectivity index (χ0n) is 15.1. The van der Waals surface area contributed by atoms with Crippen molar-refractivity contribution < 1.29 is 12.8 Å². The SMILES string of the molecule is CNc1ccc2oc3ccc(NCc4ccc(S(C)(=O)=O)cc4)cc3c2c1. The van der Waals surface area contributed by atoms with Crippen LogP contribution in [-0.2, 0) is 16.4 Å². The van der Waals surface area contributed by atoms with Gasteiger partial charge in [0, 0.05) is 42.0 Å². The van der Waals surface area contributed by atoms with Gasteiger partial charge >= 0.3 is 0 Å². The van der Waals surface area contributed by atoms with E-state index in [-0.39, 0.29) is 0 Å². The number of nitrogens with one attached hydrogen (secondary N) is 2. The van der Waals surface area contributed by atoms with Gasteiger partial charge in [0.15, 0.2) is 9.84 Å². The number of fused-ring (bicyclic) bond motifs is 3. The second-order valence-electron chi connectivity index (χ2n) is 6.54. The molecule has 0 aliphatic heterocycles. The van der Waals surface area contributed by atoms with Crippen LogP contribution >= 0.6 is 0 Å². The first-order valence-corrected chi connectivity index (χ1v) is 10.5. The standard InChI is InChI=1S/C21H20N2O3S/c1-22-15-5-9-20-18(11-15)19-12-16(6-10-21(19)26-20)23-13-14-3-7-17(8-4-14)27(2,24)25/h3-12,22-23H,13H2,1-2H3. The molecular weight excluding hydrogens is 360 g/mol. The summed E-state index contributed by atoms with van der Waals surface area (Å²) in [5, 5.41) is 8.66. The minimum Gasteiger partial charge on any atom is -0.456 e. The zero-order valence-corrected chi connectivity index (χ0v) is 15.9. The Morgan fingerprint density at radius 2 is 1.44 bits per heavy atom. The third kappa shape index (κ3) is 3.48. The van der Waals surface area contributed by atoms with Gasteiger partial charge in [-0.05, 0) is 54.1 Å². The van der Waals surface area contributed by atoms with E-state index in [1.807, 2.05) is 43.4 Å².